The van der Waals surface area contributed by atoms with Gasteiger partial charge in [0.15, 0.2) is 0 Å². The summed E-state index contributed by atoms with van der Waals surface area (Å²) in [5.74, 6) is 0. The molecule has 0 aliphatic rings. The van der Waals surface area contributed by atoms with E-state index < -0.39 is 0 Å². The van der Waals surface area contributed by atoms with Gasteiger partial charge in [0.25, 0.3) is 0 Å². The molecular formula is C11H23NOYb. The summed E-state index contributed by atoms with van der Waals surface area (Å²) in [6.45, 7) is 16.9. The summed E-state index contributed by atoms with van der Waals surface area (Å²) in [6.07, 6.45) is 0. The van der Waals surface area contributed by atoms with Gasteiger partial charge in [0.2, 0.25) is 0 Å². The Bertz CT molecular complexity index is 147. The maximum atomic E-state index is 12.0. The molecular weight excluding hydrogens is 335 g/mol. The average Bonchev–Trinajstić information content (AvgIpc) is 1.43. The molecule has 0 radical (unpaired) electrons. The number of quaternary nitrogens is 1. The molecule has 0 aliphatic carbocycles. The molecule has 0 aliphatic heterocycles. The van der Waals surface area contributed by atoms with Crippen LogP contribution in [0.15, 0.2) is 0 Å². The van der Waals surface area contributed by atoms with E-state index in [0.29, 0.717) is 13.1 Å². The molecule has 0 fully saturated rings. The van der Waals surface area contributed by atoms with Crippen LogP contribution in [0, 0.1) is 76.8 Å². The molecule has 0 saturated carbocycles. The molecule has 0 unspecified atom stereocenters. The Hall–Kier alpha value is 1.44. The largest absolute Gasteiger partial charge is 2.00 e. The molecule has 0 rings (SSSR count). The molecule has 0 aromatic carbocycles. The van der Waals surface area contributed by atoms with Gasteiger partial charge in [-0.05, 0) is 0 Å². The molecule has 0 N–H and O–H groups in total. The van der Waals surface area contributed by atoms with Crippen LogP contribution in [-0.2, 0) is 0 Å². The second-order valence-corrected chi connectivity index (χ2v) is 5.94. The SMILES string of the molecule is [CH2-]C(C)(C)C[N+](C)([O-])CC([CH2-])(C)C.[Yb+2]. The molecule has 0 aromatic rings. The van der Waals surface area contributed by atoms with Crippen LogP contribution >= 0.6 is 0 Å². The topological polar surface area (TPSA) is 23.1 Å². The van der Waals surface area contributed by atoms with Crippen LogP contribution in [0.5, 0.6) is 0 Å². The number of hydrogen-bond acceptors (Lipinski definition) is 1. The molecule has 2 nitrogen and oxygen atoms in total. The van der Waals surface area contributed by atoms with Gasteiger partial charge in [-0.15, -0.1) is 10.8 Å². The van der Waals surface area contributed by atoms with Gasteiger partial charge in [0.1, 0.15) is 0 Å². The third-order valence-electron chi connectivity index (χ3n) is 1.52. The van der Waals surface area contributed by atoms with Crippen molar-refractivity contribution in [3.8, 4) is 0 Å². The van der Waals surface area contributed by atoms with E-state index in [-0.39, 0.29) is 62.4 Å². The fraction of sp³-hybridized carbons (Fsp3) is 0.818. The van der Waals surface area contributed by atoms with Gasteiger partial charge in [-0.1, -0.05) is 27.7 Å². The Morgan fingerprint density at radius 3 is 1.36 bits per heavy atom. The van der Waals surface area contributed by atoms with Crippen molar-refractivity contribution in [2.24, 2.45) is 10.8 Å². The van der Waals surface area contributed by atoms with Crippen LogP contribution in [0.2, 0.25) is 0 Å². The molecule has 0 spiro atoms. The van der Waals surface area contributed by atoms with Gasteiger partial charge in [0, 0.05) is 0 Å². The predicted octanol–water partition coefficient (Wildman–Crippen LogP) is 2.65. The van der Waals surface area contributed by atoms with Crippen LogP contribution in [0.25, 0.3) is 0 Å². The minimum absolute atomic E-state index is 0. The quantitative estimate of drug-likeness (QED) is 0.431. The molecule has 3 heteroatoms. The van der Waals surface area contributed by atoms with E-state index in [1.807, 2.05) is 27.7 Å². The number of hydroxylamine groups is 3. The monoisotopic (exact) mass is 359 g/mol. The second-order valence-electron chi connectivity index (χ2n) is 5.94. The zero-order valence-electron chi connectivity index (χ0n) is 9.95. The van der Waals surface area contributed by atoms with Gasteiger partial charge in [-0.3, -0.25) is 0 Å². The second kappa shape index (κ2) is 5.67. The first-order valence-electron chi connectivity index (χ1n) is 4.68. The summed E-state index contributed by atoms with van der Waals surface area (Å²) >= 11 is 0. The maximum Gasteiger partial charge on any atom is 2.00 e. The summed E-state index contributed by atoms with van der Waals surface area (Å²) in [5.41, 5.74) is -0.330. The molecule has 0 amide bonds. The Balaban J connectivity index is 0. The third kappa shape index (κ3) is 11.5. The zero-order chi connectivity index (χ0) is 10.9. The van der Waals surface area contributed by atoms with E-state index in [4.69, 9.17) is 0 Å². The first kappa shape index (κ1) is 17.8. The van der Waals surface area contributed by atoms with Gasteiger partial charge < -0.3 is 23.7 Å². The van der Waals surface area contributed by atoms with E-state index >= 15 is 0 Å². The van der Waals surface area contributed by atoms with Crippen molar-refractivity contribution >= 4 is 0 Å². The molecule has 0 heterocycles. The summed E-state index contributed by atoms with van der Waals surface area (Å²) in [4.78, 5) is 0. The van der Waals surface area contributed by atoms with Crippen LogP contribution in [0.4, 0.5) is 0 Å². The molecule has 92 valence electrons. The van der Waals surface area contributed by atoms with Crippen LogP contribution in [0.3, 0.4) is 0 Å². The van der Waals surface area contributed by atoms with Crippen molar-refractivity contribution in [3.05, 3.63) is 19.1 Å². The van der Waals surface area contributed by atoms with Gasteiger partial charge in [-0.2, -0.15) is 0 Å². The van der Waals surface area contributed by atoms with Crippen molar-refractivity contribution in [1.82, 2.24) is 0 Å². The van der Waals surface area contributed by atoms with Crippen LogP contribution in [0.1, 0.15) is 27.7 Å². The Labute approximate surface area is 128 Å². The normalized spacial score (nSPS) is 13.7. The van der Waals surface area contributed by atoms with E-state index in [1.165, 1.54) is 0 Å². The fourth-order valence-electron chi connectivity index (χ4n) is 1.87. The number of rotatable bonds is 4. The first-order valence-corrected chi connectivity index (χ1v) is 4.68. The Kier molecular flexibility index (Phi) is 7.22. The predicted molar refractivity (Wildman–Crippen MR) is 57.6 cm³/mol. The van der Waals surface area contributed by atoms with Gasteiger partial charge in [0.05, 0.1) is 20.1 Å². The fourth-order valence-corrected chi connectivity index (χ4v) is 1.87. The molecule has 14 heavy (non-hydrogen) atoms. The molecule has 0 saturated heterocycles. The minimum atomic E-state index is -0.257. The summed E-state index contributed by atoms with van der Waals surface area (Å²) in [6, 6.07) is 0. The smallest absolute Gasteiger partial charge is 0.633 e. The summed E-state index contributed by atoms with van der Waals surface area (Å²) in [5, 5.41) is 12.0. The van der Waals surface area contributed by atoms with Crippen molar-refractivity contribution in [2.45, 2.75) is 27.7 Å². The third-order valence-corrected chi connectivity index (χ3v) is 1.52. The first-order chi connectivity index (χ1) is 5.41. The van der Waals surface area contributed by atoms with Crippen LogP contribution in [-0.4, -0.2) is 24.8 Å². The van der Waals surface area contributed by atoms with Gasteiger partial charge >= 0.3 is 46.9 Å². The standard InChI is InChI=1S/C11H23NO.Yb/c1-10(2,3)8-12(7,13)9-11(4,5)6;/h1,4,8-9H2,2-3,5-7H3;/q-2;+2. The van der Waals surface area contributed by atoms with E-state index in [0.717, 1.165) is 0 Å². The van der Waals surface area contributed by atoms with Crippen LogP contribution < -0.4 is 0 Å². The zero-order valence-corrected chi connectivity index (χ0v) is 11.7. The average molecular weight is 358 g/mol. The number of nitrogens with zero attached hydrogens (tertiary/aromatic N) is 1. The van der Waals surface area contributed by atoms with Crippen molar-refractivity contribution in [3.63, 3.8) is 0 Å². The van der Waals surface area contributed by atoms with E-state index in [1.54, 1.807) is 7.05 Å². The van der Waals surface area contributed by atoms with Crippen molar-refractivity contribution in [1.29, 1.82) is 0 Å². The van der Waals surface area contributed by atoms with E-state index in [9.17, 15) is 5.21 Å². The van der Waals surface area contributed by atoms with E-state index in [2.05, 4.69) is 13.8 Å². The summed E-state index contributed by atoms with van der Waals surface area (Å²) < 4.78 is -0.257. The minimum Gasteiger partial charge on any atom is -0.633 e. The summed E-state index contributed by atoms with van der Waals surface area (Å²) in [7, 11) is 1.69. The number of hydrogen-bond donors (Lipinski definition) is 0. The Morgan fingerprint density at radius 1 is 1.00 bits per heavy atom. The van der Waals surface area contributed by atoms with Crippen molar-refractivity contribution < 1.29 is 51.6 Å². The van der Waals surface area contributed by atoms with Gasteiger partial charge in [-0.25, -0.2) is 0 Å². The molecule has 0 bridgehead atoms. The molecule has 0 atom stereocenters. The maximum absolute atomic E-state index is 12.0. The molecule has 0 aromatic heterocycles. The van der Waals surface area contributed by atoms with Crippen molar-refractivity contribution in [2.75, 3.05) is 20.1 Å². The Morgan fingerprint density at radius 2 is 1.21 bits per heavy atom.